The number of halogens is 6. The third-order valence-corrected chi connectivity index (χ3v) is 8.20. The predicted molar refractivity (Wildman–Crippen MR) is 152 cm³/mol. The molecule has 8 heteroatoms. The van der Waals surface area contributed by atoms with Crippen molar-refractivity contribution in [2.75, 3.05) is 13.2 Å². The molecule has 3 aromatic rings. The van der Waals surface area contributed by atoms with Crippen molar-refractivity contribution in [2.45, 2.75) is 84.0 Å². The van der Waals surface area contributed by atoms with Crippen molar-refractivity contribution in [3.05, 3.63) is 82.4 Å². The molecule has 0 spiro atoms. The monoisotopic (exact) mass is 592 g/mol. The molecule has 0 unspecified atom stereocenters. The number of benzene rings is 3. The number of unbranched alkanes of at least 4 members (excludes halogenated alkanes) is 2. The van der Waals surface area contributed by atoms with E-state index < -0.39 is 34.9 Å². The summed E-state index contributed by atoms with van der Waals surface area (Å²) in [7, 11) is 0. The van der Waals surface area contributed by atoms with Crippen LogP contribution in [-0.2, 0) is 6.42 Å². The number of hydrogen-bond donors (Lipinski definition) is 0. The van der Waals surface area contributed by atoms with Gasteiger partial charge >= 0.3 is 0 Å². The molecule has 4 rings (SSSR count). The van der Waals surface area contributed by atoms with Crippen LogP contribution in [0.4, 0.5) is 26.3 Å². The summed E-state index contributed by atoms with van der Waals surface area (Å²) >= 11 is 0. The van der Waals surface area contributed by atoms with E-state index in [-0.39, 0.29) is 53.1 Å². The SMILES string of the molecule is CCCCOc1ccc(-c2ccc(CCC3CCC(c4ccc(OCCCC)c(F)c4F)CC3)c(F)c2F)c(F)c1F. The van der Waals surface area contributed by atoms with Crippen molar-refractivity contribution < 1.29 is 35.8 Å². The summed E-state index contributed by atoms with van der Waals surface area (Å²) in [5, 5.41) is 0. The van der Waals surface area contributed by atoms with E-state index in [2.05, 4.69) is 0 Å². The van der Waals surface area contributed by atoms with Gasteiger partial charge in [0.05, 0.1) is 13.2 Å². The molecule has 0 heterocycles. The van der Waals surface area contributed by atoms with Crippen molar-refractivity contribution in [1.82, 2.24) is 0 Å². The minimum atomic E-state index is -1.29. The number of hydrogen-bond acceptors (Lipinski definition) is 2. The second-order valence-electron chi connectivity index (χ2n) is 11.1. The van der Waals surface area contributed by atoms with Gasteiger partial charge < -0.3 is 9.47 Å². The Morgan fingerprint density at radius 1 is 0.595 bits per heavy atom. The van der Waals surface area contributed by atoms with E-state index >= 15 is 8.78 Å². The molecule has 0 radical (unpaired) electrons. The van der Waals surface area contributed by atoms with Crippen LogP contribution in [0.25, 0.3) is 11.1 Å². The van der Waals surface area contributed by atoms with Gasteiger partial charge in [-0.15, -0.1) is 0 Å². The molecule has 1 saturated carbocycles. The quantitative estimate of drug-likeness (QED) is 0.145. The highest BCUT2D eigenvalue weighted by Gasteiger charge is 2.27. The maximum atomic E-state index is 15.0. The summed E-state index contributed by atoms with van der Waals surface area (Å²) in [5.74, 6) is -6.88. The van der Waals surface area contributed by atoms with Gasteiger partial charge in [-0.05, 0) is 92.5 Å². The second kappa shape index (κ2) is 14.8. The molecule has 42 heavy (non-hydrogen) atoms. The summed E-state index contributed by atoms with van der Waals surface area (Å²) in [4.78, 5) is 0. The molecule has 0 saturated heterocycles. The number of aryl methyl sites for hydroxylation is 1. The normalized spacial score (nSPS) is 17.0. The zero-order valence-electron chi connectivity index (χ0n) is 24.2. The van der Waals surface area contributed by atoms with E-state index in [9.17, 15) is 17.6 Å². The Hall–Kier alpha value is -3.16. The first-order chi connectivity index (χ1) is 20.3. The lowest BCUT2D eigenvalue weighted by Crippen LogP contribution is -2.16. The van der Waals surface area contributed by atoms with Gasteiger partial charge in [-0.25, -0.2) is 17.6 Å². The number of ether oxygens (including phenoxy) is 2. The highest BCUT2D eigenvalue weighted by atomic mass is 19.2. The molecular weight excluding hydrogens is 554 g/mol. The Morgan fingerprint density at radius 3 is 1.71 bits per heavy atom. The smallest absolute Gasteiger partial charge is 0.201 e. The van der Waals surface area contributed by atoms with Crippen molar-refractivity contribution in [3.63, 3.8) is 0 Å². The zero-order chi connectivity index (χ0) is 30.2. The van der Waals surface area contributed by atoms with Crippen LogP contribution in [0, 0.1) is 40.8 Å². The maximum Gasteiger partial charge on any atom is 0.201 e. The van der Waals surface area contributed by atoms with Gasteiger partial charge in [0.25, 0.3) is 0 Å². The minimum Gasteiger partial charge on any atom is -0.490 e. The van der Waals surface area contributed by atoms with Gasteiger partial charge in [-0.3, -0.25) is 0 Å². The Balaban J connectivity index is 1.36. The fourth-order valence-corrected chi connectivity index (χ4v) is 5.59. The molecule has 0 aromatic heterocycles. The third-order valence-electron chi connectivity index (χ3n) is 8.20. The summed E-state index contributed by atoms with van der Waals surface area (Å²) in [6.07, 6.45) is 6.84. The summed E-state index contributed by atoms with van der Waals surface area (Å²) in [6, 6.07) is 8.19. The van der Waals surface area contributed by atoms with E-state index in [1.54, 1.807) is 6.07 Å². The highest BCUT2D eigenvalue weighted by molar-refractivity contribution is 5.66. The predicted octanol–water partition coefficient (Wildman–Crippen LogP) is 10.5. The van der Waals surface area contributed by atoms with Crippen LogP contribution in [0.3, 0.4) is 0 Å². The molecule has 1 aliphatic rings. The average molecular weight is 593 g/mol. The van der Waals surface area contributed by atoms with E-state index in [1.807, 2.05) is 13.8 Å². The van der Waals surface area contributed by atoms with Gasteiger partial charge in [0.15, 0.2) is 34.8 Å². The summed E-state index contributed by atoms with van der Waals surface area (Å²) in [5.41, 5.74) is -0.225. The molecule has 228 valence electrons. The molecule has 0 amide bonds. The highest BCUT2D eigenvalue weighted by Crippen LogP contribution is 2.40. The van der Waals surface area contributed by atoms with Crippen LogP contribution in [0.2, 0.25) is 0 Å². The lowest BCUT2D eigenvalue weighted by molar-refractivity contribution is 0.283. The van der Waals surface area contributed by atoms with E-state index in [0.29, 0.717) is 37.9 Å². The molecule has 0 aliphatic heterocycles. The standard InChI is InChI=1S/C34H38F6O2/c1-3-5-19-41-27-17-15-24(30(36)33(27)39)22-10-7-21(8-11-22)9-12-23-13-14-25(31(37)29(23)35)26-16-18-28(34(40)32(26)38)42-20-6-4-2/h13-18,21-22H,3-12,19-20H2,1-2H3. The molecule has 2 nitrogen and oxygen atoms in total. The molecule has 3 aromatic carbocycles. The van der Waals surface area contributed by atoms with Crippen LogP contribution in [0.5, 0.6) is 11.5 Å². The number of rotatable bonds is 13. The molecular formula is C34H38F6O2. The molecule has 0 atom stereocenters. The lowest BCUT2D eigenvalue weighted by atomic mass is 9.76. The Bertz CT molecular complexity index is 1350. The molecule has 0 N–H and O–H groups in total. The van der Waals surface area contributed by atoms with Crippen LogP contribution < -0.4 is 9.47 Å². The first kappa shape index (κ1) is 31.8. The topological polar surface area (TPSA) is 18.5 Å². The minimum absolute atomic E-state index is 0.0695. The van der Waals surface area contributed by atoms with Gasteiger partial charge in [0.1, 0.15) is 0 Å². The largest absolute Gasteiger partial charge is 0.490 e. The Morgan fingerprint density at radius 2 is 1.12 bits per heavy atom. The van der Waals surface area contributed by atoms with Crippen molar-refractivity contribution in [3.8, 4) is 22.6 Å². The van der Waals surface area contributed by atoms with Crippen LogP contribution in [0.15, 0.2) is 36.4 Å². The van der Waals surface area contributed by atoms with Crippen LogP contribution in [-0.4, -0.2) is 13.2 Å². The van der Waals surface area contributed by atoms with Crippen molar-refractivity contribution >= 4 is 0 Å². The maximum absolute atomic E-state index is 15.0. The fourth-order valence-electron chi connectivity index (χ4n) is 5.59. The Labute approximate surface area is 244 Å². The van der Waals surface area contributed by atoms with Gasteiger partial charge in [-0.1, -0.05) is 44.9 Å². The Kier molecular flexibility index (Phi) is 11.2. The van der Waals surface area contributed by atoms with Gasteiger partial charge in [-0.2, -0.15) is 8.78 Å². The first-order valence-corrected chi connectivity index (χ1v) is 14.9. The third kappa shape index (κ3) is 7.24. The van der Waals surface area contributed by atoms with E-state index in [1.165, 1.54) is 30.3 Å². The summed E-state index contributed by atoms with van der Waals surface area (Å²) < 4.78 is 99.3. The van der Waals surface area contributed by atoms with Crippen LogP contribution in [0.1, 0.15) is 88.7 Å². The fraction of sp³-hybridized carbons (Fsp3) is 0.471. The van der Waals surface area contributed by atoms with E-state index in [4.69, 9.17) is 9.47 Å². The first-order valence-electron chi connectivity index (χ1n) is 14.9. The zero-order valence-corrected chi connectivity index (χ0v) is 24.2. The molecule has 0 bridgehead atoms. The van der Waals surface area contributed by atoms with E-state index in [0.717, 1.165) is 32.1 Å². The second-order valence-corrected chi connectivity index (χ2v) is 11.1. The van der Waals surface area contributed by atoms with Crippen molar-refractivity contribution in [2.24, 2.45) is 5.92 Å². The van der Waals surface area contributed by atoms with Gasteiger partial charge in [0.2, 0.25) is 11.6 Å². The summed E-state index contributed by atoms with van der Waals surface area (Å²) in [6.45, 7) is 4.49. The van der Waals surface area contributed by atoms with Gasteiger partial charge in [0, 0.05) is 11.1 Å². The molecule has 1 aliphatic carbocycles. The molecule has 1 fully saturated rings. The lowest BCUT2D eigenvalue weighted by Gasteiger charge is -2.29. The van der Waals surface area contributed by atoms with Crippen LogP contribution >= 0.6 is 0 Å². The average Bonchev–Trinajstić information content (AvgIpc) is 2.99. The van der Waals surface area contributed by atoms with Crippen molar-refractivity contribution in [1.29, 1.82) is 0 Å².